The number of fused-ring (bicyclic) bond motifs is 1. The standard InChI is InChI=1S/C25H21ClF3N3O3/c26-16-2-3-19-17(7-16)18(33)8-20(35-19)22(34)31-23-11-24(12-23,13-23)32-6-5-15(10-32)14-1-4-21(30-9-14)25(27,28)29/h1-7,9-10,18,20,33H,8,11-13H2,(H,31,34)/t18-,20+,23?,24?/m1/s1. The zero-order chi connectivity index (χ0) is 24.6. The highest BCUT2D eigenvalue weighted by Crippen LogP contribution is 2.65. The number of hydrogen-bond acceptors (Lipinski definition) is 4. The van der Waals surface area contributed by atoms with Gasteiger partial charge >= 0.3 is 6.18 Å². The van der Waals surface area contributed by atoms with Crippen LogP contribution in [0.3, 0.4) is 0 Å². The fraction of sp³-hybridized carbons (Fsp3) is 0.360. The van der Waals surface area contributed by atoms with E-state index in [9.17, 15) is 23.1 Å². The lowest BCUT2D eigenvalue weighted by molar-refractivity contribution is -0.161. The summed E-state index contributed by atoms with van der Waals surface area (Å²) in [7, 11) is 0. The second-order valence-corrected chi connectivity index (χ2v) is 10.2. The largest absolute Gasteiger partial charge is 0.480 e. The molecule has 0 spiro atoms. The minimum absolute atomic E-state index is 0.110. The SMILES string of the molecule is O=C(NC12CC(n3ccc(-c4ccc(C(F)(F)F)nc4)c3)(C1)C2)[C@@H]1C[C@@H](O)c2cc(Cl)ccc2O1. The van der Waals surface area contributed by atoms with Crippen molar-refractivity contribution in [3.05, 3.63) is 71.3 Å². The summed E-state index contributed by atoms with van der Waals surface area (Å²) in [6.07, 6.45) is 1.41. The molecule has 35 heavy (non-hydrogen) atoms. The number of carbonyl (C=O) groups excluding carboxylic acids is 1. The molecule has 2 N–H and O–H groups in total. The zero-order valence-corrected chi connectivity index (χ0v) is 19.1. The highest BCUT2D eigenvalue weighted by atomic mass is 35.5. The maximum atomic E-state index is 12.9. The summed E-state index contributed by atoms with van der Waals surface area (Å²) in [5, 5.41) is 14.1. The highest BCUT2D eigenvalue weighted by molar-refractivity contribution is 6.30. The molecule has 2 bridgehead atoms. The third-order valence-corrected chi connectivity index (χ3v) is 7.58. The molecule has 1 amide bonds. The van der Waals surface area contributed by atoms with Crippen LogP contribution in [0.15, 0.2) is 55.0 Å². The monoisotopic (exact) mass is 503 g/mol. The van der Waals surface area contributed by atoms with Gasteiger partial charge in [0.2, 0.25) is 0 Å². The first kappa shape index (κ1) is 22.4. The fourth-order valence-corrected chi connectivity index (χ4v) is 5.84. The van der Waals surface area contributed by atoms with Gasteiger partial charge in [-0.1, -0.05) is 17.7 Å². The Hall–Kier alpha value is -3.04. The predicted molar refractivity (Wildman–Crippen MR) is 121 cm³/mol. The summed E-state index contributed by atoms with van der Waals surface area (Å²) < 4.78 is 46.2. The molecule has 3 heterocycles. The van der Waals surface area contributed by atoms with Crippen molar-refractivity contribution in [2.75, 3.05) is 0 Å². The molecule has 2 atom stereocenters. The van der Waals surface area contributed by atoms with Gasteiger partial charge < -0.3 is 19.7 Å². The molecule has 0 unspecified atom stereocenters. The number of ether oxygens (including phenoxy) is 1. The van der Waals surface area contributed by atoms with Crippen LogP contribution < -0.4 is 10.1 Å². The summed E-state index contributed by atoms with van der Waals surface area (Å²) in [6, 6.07) is 9.22. The Kier molecular flexibility index (Phi) is 4.79. The molecule has 3 aliphatic carbocycles. The number of aromatic nitrogens is 2. The molecule has 2 aromatic heterocycles. The smallest absolute Gasteiger partial charge is 0.433 e. The van der Waals surface area contributed by atoms with E-state index in [4.69, 9.17) is 16.3 Å². The minimum atomic E-state index is -4.47. The zero-order valence-electron chi connectivity index (χ0n) is 18.3. The third kappa shape index (κ3) is 3.68. The Morgan fingerprint density at radius 2 is 1.94 bits per heavy atom. The van der Waals surface area contributed by atoms with Gasteiger partial charge in [0.25, 0.3) is 5.91 Å². The van der Waals surface area contributed by atoms with E-state index in [1.54, 1.807) is 18.2 Å². The molecule has 7 rings (SSSR count). The van der Waals surface area contributed by atoms with Crippen LogP contribution in [0, 0.1) is 0 Å². The maximum Gasteiger partial charge on any atom is 0.433 e. The van der Waals surface area contributed by atoms with Crippen molar-refractivity contribution in [2.45, 2.75) is 55.1 Å². The van der Waals surface area contributed by atoms with Crippen LogP contribution in [0.5, 0.6) is 5.75 Å². The van der Waals surface area contributed by atoms with E-state index in [0.717, 1.165) is 30.9 Å². The molecule has 3 aromatic rings. The molecular weight excluding hydrogens is 483 g/mol. The summed E-state index contributed by atoms with van der Waals surface area (Å²) in [6.45, 7) is 0. The quantitative estimate of drug-likeness (QED) is 0.533. The minimum Gasteiger partial charge on any atom is -0.480 e. The van der Waals surface area contributed by atoms with E-state index in [-0.39, 0.29) is 23.4 Å². The highest BCUT2D eigenvalue weighted by Gasteiger charge is 2.69. The molecule has 3 saturated carbocycles. The van der Waals surface area contributed by atoms with E-state index in [1.807, 2.05) is 18.5 Å². The first-order valence-corrected chi connectivity index (χ1v) is 11.6. The van der Waals surface area contributed by atoms with Gasteiger partial charge in [0.05, 0.1) is 11.6 Å². The molecular formula is C25H21ClF3N3O3. The van der Waals surface area contributed by atoms with Crippen LogP contribution in [0.2, 0.25) is 5.02 Å². The number of nitrogens with one attached hydrogen (secondary N) is 1. The van der Waals surface area contributed by atoms with Crippen molar-refractivity contribution in [1.29, 1.82) is 0 Å². The van der Waals surface area contributed by atoms with Crippen LogP contribution in [0.4, 0.5) is 13.2 Å². The van der Waals surface area contributed by atoms with Crippen LogP contribution in [0.25, 0.3) is 11.1 Å². The Bertz CT molecular complexity index is 1300. The summed E-state index contributed by atoms with van der Waals surface area (Å²) in [5.74, 6) is 0.210. The average Bonchev–Trinajstić information content (AvgIpc) is 3.25. The Morgan fingerprint density at radius 3 is 2.63 bits per heavy atom. The molecule has 4 aliphatic rings. The van der Waals surface area contributed by atoms with Crippen LogP contribution in [-0.4, -0.2) is 32.2 Å². The lowest BCUT2D eigenvalue weighted by Gasteiger charge is -2.71. The van der Waals surface area contributed by atoms with Crippen molar-refractivity contribution in [3.63, 3.8) is 0 Å². The first-order valence-electron chi connectivity index (χ1n) is 11.2. The molecule has 3 fully saturated rings. The van der Waals surface area contributed by atoms with Gasteiger partial charge in [-0.15, -0.1) is 0 Å². The van der Waals surface area contributed by atoms with E-state index in [2.05, 4.69) is 14.9 Å². The average molecular weight is 504 g/mol. The Labute approximate surface area is 203 Å². The van der Waals surface area contributed by atoms with Gasteiger partial charge in [0.15, 0.2) is 6.10 Å². The van der Waals surface area contributed by atoms with E-state index in [1.165, 1.54) is 12.3 Å². The molecule has 182 valence electrons. The van der Waals surface area contributed by atoms with Gasteiger partial charge in [0.1, 0.15) is 11.4 Å². The van der Waals surface area contributed by atoms with Crippen molar-refractivity contribution < 1.29 is 27.8 Å². The first-order chi connectivity index (χ1) is 16.6. The number of alkyl halides is 3. The van der Waals surface area contributed by atoms with Gasteiger partial charge in [-0.25, -0.2) is 0 Å². The fourth-order valence-electron chi connectivity index (χ4n) is 5.66. The normalized spacial score (nSPS) is 28.8. The van der Waals surface area contributed by atoms with Crippen molar-refractivity contribution in [1.82, 2.24) is 14.9 Å². The second-order valence-electron chi connectivity index (χ2n) is 9.80. The van der Waals surface area contributed by atoms with Crippen LogP contribution in [0.1, 0.15) is 43.0 Å². The topological polar surface area (TPSA) is 76.4 Å². The number of pyridine rings is 1. The molecule has 0 radical (unpaired) electrons. The van der Waals surface area contributed by atoms with Crippen molar-refractivity contribution >= 4 is 17.5 Å². The van der Waals surface area contributed by atoms with Gasteiger partial charge in [-0.3, -0.25) is 9.78 Å². The van der Waals surface area contributed by atoms with Crippen molar-refractivity contribution in [2.24, 2.45) is 0 Å². The Morgan fingerprint density at radius 1 is 1.17 bits per heavy atom. The van der Waals surface area contributed by atoms with E-state index < -0.39 is 24.1 Å². The van der Waals surface area contributed by atoms with Gasteiger partial charge in [-0.05, 0) is 49.6 Å². The number of hydrogen-bond donors (Lipinski definition) is 2. The van der Waals surface area contributed by atoms with Gasteiger partial charge in [0, 0.05) is 52.3 Å². The molecule has 10 heteroatoms. The third-order valence-electron chi connectivity index (χ3n) is 7.35. The summed E-state index contributed by atoms with van der Waals surface area (Å²) in [4.78, 5) is 16.4. The summed E-state index contributed by atoms with van der Waals surface area (Å²) >= 11 is 5.99. The second kappa shape index (κ2) is 7.48. The number of aliphatic hydroxyl groups excluding tert-OH is 1. The molecule has 1 aromatic carbocycles. The Balaban J connectivity index is 1.09. The summed E-state index contributed by atoms with van der Waals surface area (Å²) in [5.41, 5.74) is 0.656. The number of amides is 1. The number of nitrogens with zero attached hydrogens (tertiary/aromatic N) is 2. The number of halogens is 4. The van der Waals surface area contributed by atoms with E-state index in [0.29, 0.717) is 21.9 Å². The van der Waals surface area contributed by atoms with E-state index >= 15 is 0 Å². The van der Waals surface area contributed by atoms with Gasteiger partial charge in [-0.2, -0.15) is 13.2 Å². The predicted octanol–water partition coefficient (Wildman–Crippen LogP) is 4.85. The lowest BCUT2D eigenvalue weighted by atomic mass is 9.44. The number of benzene rings is 1. The lowest BCUT2D eigenvalue weighted by Crippen LogP contribution is -2.79. The number of aliphatic hydroxyl groups is 1. The molecule has 0 saturated heterocycles. The van der Waals surface area contributed by atoms with Crippen LogP contribution >= 0.6 is 11.6 Å². The molecule has 6 nitrogen and oxygen atoms in total. The molecule has 1 aliphatic heterocycles. The van der Waals surface area contributed by atoms with Crippen molar-refractivity contribution in [3.8, 4) is 16.9 Å². The maximum absolute atomic E-state index is 12.9. The number of rotatable bonds is 4. The van der Waals surface area contributed by atoms with Crippen LogP contribution in [-0.2, 0) is 16.5 Å². The number of carbonyl (C=O) groups is 1.